The summed E-state index contributed by atoms with van der Waals surface area (Å²) in [5.74, 6) is 0.0877. The largest absolute Gasteiger partial charge is 0.506 e. The number of β-amino-alcohol motifs (C(OH)–C–C–N with tert-alkyl or cyclic N) is 1. The molecule has 1 unspecified atom stereocenters. The van der Waals surface area contributed by atoms with E-state index in [1.807, 2.05) is 20.8 Å². The Morgan fingerprint density at radius 2 is 1.94 bits per heavy atom. The molecule has 0 amide bonds. The molecule has 0 saturated carbocycles. The number of aromatic hydroxyl groups is 1. The Morgan fingerprint density at radius 1 is 1.35 bits per heavy atom. The molecule has 5 N–H and O–H groups in total. The SMILES string of the molecule is Cc1cc(C(O)CNC(C)(C)C)cc(N)c1O. The van der Waals surface area contributed by atoms with E-state index in [9.17, 15) is 10.2 Å². The zero-order valence-electron chi connectivity index (χ0n) is 10.9. The van der Waals surface area contributed by atoms with Gasteiger partial charge in [0, 0.05) is 12.1 Å². The second-order valence-corrected chi connectivity index (χ2v) is 5.42. The molecular formula is C13H22N2O2. The molecule has 0 bridgehead atoms. The molecule has 0 heterocycles. The Bertz CT molecular complexity index is 374. The maximum absolute atomic E-state index is 10.0. The maximum atomic E-state index is 10.0. The van der Waals surface area contributed by atoms with Crippen LogP contribution in [0.1, 0.15) is 38.0 Å². The molecule has 1 aromatic carbocycles. The molecule has 96 valence electrons. The highest BCUT2D eigenvalue weighted by atomic mass is 16.3. The van der Waals surface area contributed by atoms with Gasteiger partial charge in [0.05, 0.1) is 11.8 Å². The Labute approximate surface area is 102 Å². The zero-order valence-corrected chi connectivity index (χ0v) is 10.9. The van der Waals surface area contributed by atoms with E-state index in [2.05, 4.69) is 5.32 Å². The molecule has 0 aliphatic carbocycles. The van der Waals surface area contributed by atoms with E-state index in [-0.39, 0.29) is 11.3 Å². The van der Waals surface area contributed by atoms with E-state index < -0.39 is 6.10 Å². The van der Waals surface area contributed by atoms with Crippen LogP contribution in [-0.2, 0) is 0 Å². The van der Waals surface area contributed by atoms with Crippen LogP contribution in [0.15, 0.2) is 12.1 Å². The fourth-order valence-electron chi connectivity index (χ4n) is 1.55. The Kier molecular flexibility index (Phi) is 4.01. The molecule has 0 saturated heterocycles. The Balaban J connectivity index is 2.79. The molecule has 0 aliphatic rings. The topological polar surface area (TPSA) is 78.5 Å². The summed E-state index contributed by atoms with van der Waals surface area (Å²) >= 11 is 0. The monoisotopic (exact) mass is 238 g/mol. The standard InChI is InChI=1S/C13H22N2O2/c1-8-5-9(6-10(14)12(8)17)11(16)7-15-13(2,3)4/h5-6,11,15-17H,7,14H2,1-4H3. The van der Waals surface area contributed by atoms with Crippen LogP contribution in [0.4, 0.5) is 5.69 Å². The number of nitrogen functional groups attached to an aromatic ring is 1. The molecule has 4 heteroatoms. The van der Waals surface area contributed by atoms with Gasteiger partial charge < -0.3 is 21.3 Å². The van der Waals surface area contributed by atoms with Crippen molar-refractivity contribution in [3.8, 4) is 5.75 Å². The number of hydrogen-bond acceptors (Lipinski definition) is 4. The molecule has 0 aliphatic heterocycles. The van der Waals surface area contributed by atoms with Gasteiger partial charge in [-0.2, -0.15) is 0 Å². The summed E-state index contributed by atoms with van der Waals surface area (Å²) < 4.78 is 0. The summed E-state index contributed by atoms with van der Waals surface area (Å²) in [6.07, 6.45) is -0.629. The van der Waals surface area contributed by atoms with Crippen molar-refractivity contribution < 1.29 is 10.2 Å². The molecule has 17 heavy (non-hydrogen) atoms. The summed E-state index contributed by atoms with van der Waals surface area (Å²) in [5, 5.41) is 22.8. The van der Waals surface area contributed by atoms with Crippen molar-refractivity contribution in [2.75, 3.05) is 12.3 Å². The fourth-order valence-corrected chi connectivity index (χ4v) is 1.55. The minimum Gasteiger partial charge on any atom is -0.506 e. The lowest BCUT2D eigenvalue weighted by molar-refractivity contribution is 0.163. The molecule has 1 atom stereocenters. The van der Waals surface area contributed by atoms with E-state index in [0.29, 0.717) is 17.8 Å². The first-order valence-electron chi connectivity index (χ1n) is 5.73. The van der Waals surface area contributed by atoms with Gasteiger partial charge in [0.1, 0.15) is 5.75 Å². The van der Waals surface area contributed by atoms with Crippen LogP contribution in [0.25, 0.3) is 0 Å². The van der Waals surface area contributed by atoms with Crippen LogP contribution < -0.4 is 11.1 Å². The lowest BCUT2D eigenvalue weighted by Crippen LogP contribution is -2.38. The van der Waals surface area contributed by atoms with E-state index >= 15 is 0 Å². The average molecular weight is 238 g/mol. The normalized spacial score (nSPS) is 13.7. The van der Waals surface area contributed by atoms with Crippen LogP contribution in [-0.4, -0.2) is 22.3 Å². The maximum Gasteiger partial charge on any atom is 0.141 e. The highest BCUT2D eigenvalue weighted by Gasteiger charge is 2.15. The number of phenolic OH excluding ortho intramolecular Hbond substituents is 1. The third-order valence-corrected chi connectivity index (χ3v) is 2.56. The average Bonchev–Trinajstić information content (AvgIpc) is 2.20. The van der Waals surface area contributed by atoms with Crippen molar-refractivity contribution in [2.24, 2.45) is 0 Å². The highest BCUT2D eigenvalue weighted by Crippen LogP contribution is 2.28. The van der Waals surface area contributed by atoms with Gasteiger partial charge in [0.2, 0.25) is 0 Å². The van der Waals surface area contributed by atoms with Crippen LogP contribution in [0.5, 0.6) is 5.75 Å². The first-order valence-corrected chi connectivity index (χ1v) is 5.73. The lowest BCUT2D eigenvalue weighted by Gasteiger charge is -2.23. The first-order chi connectivity index (χ1) is 7.70. The van der Waals surface area contributed by atoms with Crippen molar-refractivity contribution in [2.45, 2.75) is 39.3 Å². The summed E-state index contributed by atoms with van der Waals surface area (Å²) in [4.78, 5) is 0. The van der Waals surface area contributed by atoms with Gasteiger partial charge in [-0.05, 0) is 51.0 Å². The van der Waals surface area contributed by atoms with Crippen molar-refractivity contribution in [3.05, 3.63) is 23.3 Å². The molecule has 0 radical (unpaired) electrons. The lowest BCUT2D eigenvalue weighted by atomic mass is 10.0. The second kappa shape index (κ2) is 4.94. The molecule has 4 nitrogen and oxygen atoms in total. The Hall–Kier alpha value is -1.26. The molecule has 0 fully saturated rings. The van der Waals surface area contributed by atoms with Gasteiger partial charge in [0.25, 0.3) is 0 Å². The molecule has 0 spiro atoms. The van der Waals surface area contributed by atoms with Gasteiger partial charge in [0.15, 0.2) is 0 Å². The number of aliphatic hydroxyl groups is 1. The first kappa shape index (κ1) is 13.8. The van der Waals surface area contributed by atoms with Gasteiger partial charge in [-0.25, -0.2) is 0 Å². The zero-order chi connectivity index (χ0) is 13.2. The van der Waals surface area contributed by atoms with Crippen LogP contribution in [0.3, 0.4) is 0 Å². The number of rotatable bonds is 3. The summed E-state index contributed by atoms with van der Waals surface area (Å²) in [5.41, 5.74) is 7.31. The predicted octanol–water partition coefficient (Wildman–Crippen LogP) is 1.70. The summed E-state index contributed by atoms with van der Waals surface area (Å²) in [6, 6.07) is 3.36. The molecule has 0 aromatic heterocycles. The fraction of sp³-hybridized carbons (Fsp3) is 0.538. The van der Waals surface area contributed by atoms with Crippen molar-refractivity contribution in [3.63, 3.8) is 0 Å². The third-order valence-electron chi connectivity index (χ3n) is 2.56. The minimum atomic E-state index is -0.629. The summed E-state index contributed by atoms with van der Waals surface area (Å²) in [7, 11) is 0. The molecular weight excluding hydrogens is 216 g/mol. The minimum absolute atomic E-state index is 0.0432. The molecule has 1 aromatic rings. The van der Waals surface area contributed by atoms with E-state index in [0.717, 1.165) is 5.56 Å². The van der Waals surface area contributed by atoms with Crippen LogP contribution in [0.2, 0.25) is 0 Å². The number of hydrogen-bond donors (Lipinski definition) is 4. The van der Waals surface area contributed by atoms with E-state index in [4.69, 9.17) is 5.73 Å². The highest BCUT2D eigenvalue weighted by molar-refractivity contribution is 5.57. The van der Waals surface area contributed by atoms with Gasteiger partial charge >= 0.3 is 0 Å². The summed E-state index contributed by atoms with van der Waals surface area (Å²) in [6.45, 7) is 8.33. The van der Waals surface area contributed by atoms with Crippen LogP contribution >= 0.6 is 0 Å². The van der Waals surface area contributed by atoms with E-state index in [1.165, 1.54) is 0 Å². The van der Waals surface area contributed by atoms with Gasteiger partial charge in [-0.15, -0.1) is 0 Å². The Morgan fingerprint density at radius 3 is 2.41 bits per heavy atom. The number of nitrogens with one attached hydrogen (secondary N) is 1. The second-order valence-electron chi connectivity index (χ2n) is 5.42. The number of aliphatic hydroxyl groups excluding tert-OH is 1. The predicted molar refractivity (Wildman–Crippen MR) is 70.0 cm³/mol. The van der Waals surface area contributed by atoms with E-state index in [1.54, 1.807) is 19.1 Å². The van der Waals surface area contributed by atoms with Gasteiger partial charge in [-0.3, -0.25) is 0 Å². The van der Waals surface area contributed by atoms with Crippen molar-refractivity contribution in [1.29, 1.82) is 0 Å². The number of nitrogens with two attached hydrogens (primary N) is 1. The van der Waals surface area contributed by atoms with Crippen LogP contribution in [0, 0.1) is 6.92 Å². The number of aryl methyl sites for hydroxylation is 1. The molecule has 1 rings (SSSR count). The smallest absolute Gasteiger partial charge is 0.141 e. The van der Waals surface area contributed by atoms with Gasteiger partial charge in [-0.1, -0.05) is 0 Å². The number of benzene rings is 1. The van der Waals surface area contributed by atoms with Crippen molar-refractivity contribution in [1.82, 2.24) is 5.32 Å². The third kappa shape index (κ3) is 3.91. The number of anilines is 1. The quantitative estimate of drug-likeness (QED) is 0.477. The number of phenols is 1. The van der Waals surface area contributed by atoms with Crippen molar-refractivity contribution >= 4 is 5.69 Å².